The van der Waals surface area contributed by atoms with Gasteiger partial charge in [0, 0.05) is 62.8 Å². The van der Waals surface area contributed by atoms with Gasteiger partial charge in [-0.3, -0.25) is 9.69 Å². The summed E-state index contributed by atoms with van der Waals surface area (Å²) < 4.78 is 12.0. The fraction of sp³-hybridized carbons (Fsp3) is 0.683. The van der Waals surface area contributed by atoms with Gasteiger partial charge in [-0.05, 0) is 76.2 Å². The number of aliphatic hydroxyl groups is 2. The van der Waals surface area contributed by atoms with Gasteiger partial charge >= 0.3 is 12.1 Å². The SMILES string of the molecule is C/C(=C\C=C\C(C)c1cccc(N2CCCC2)n1)[C@H]1OC(=O)C[C@@H](O)CC[C@](C)(O)[C@H](OC(=O)N2CCN(C3CCCCCC3)CC2)/C=C/[C@@H]1C. The molecule has 1 unspecified atom stereocenters. The lowest BCUT2D eigenvalue weighted by molar-refractivity contribution is -0.151. The highest BCUT2D eigenvalue weighted by Crippen LogP contribution is 2.29. The van der Waals surface area contributed by atoms with Gasteiger partial charge < -0.3 is 29.5 Å². The van der Waals surface area contributed by atoms with Gasteiger partial charge in [0.2, 0.25) is 0 Å². The molecule has 282 valence electrons. The summed E-state index contributed by atoms with van der Waals surface area (Å²) in [6.07, 6.45) is 16.8. The van der Waals surface area contributed by atoms with E-state index in [4.69, 9.17) is 14.5 Å². The fourth-order valence-electron chi connectivity index (χ4n) is 7.91. The fourth-order valence-corrected chi connectivity index (χ4v) is 7.91. The number of allylic oxidation sites excluding steroid dienone is 3. The molecular formula is C41H62N4O6. The van der Waals surface area contributed by atoms with E-state index in [2.05, 4.69) is 41.0 Å². The highest BCUT2D eigenvalue weighted by Gasteiger charge is 2.37. The van der Waals surface area contributed by atoms with Gasteiger partial charge in [0.15, 0.2) is 6.10 Å². The van der Waals surface area contributed by atoms with Crippen LogP contribution in [0.3, 0.4) is 0 Å². The van der Waals surface area contributed by atoms with Gasteiger partial charge in [0.05, 0.1) is 12.5 Å². The number of carbonyl (C=O) groups is 2. The minimum absolute atomic E-state index is 0.0837. The second-order valence-electron chi connectivity index (χ2n) is 15.6. The minimum Gasteiger partial charge on any atom is -0.457 e. The first-order chi connectivity index (χ1) is 24.5. The van der Waals surface area contributed by atoms with E-state index in [1.54, 1.807) is 17.9 Å². The summed E-state index contributed by atoms with van der Waals surface area (Å²) in [5.41, 5.74) is 0.386. The molecule has 0 radical (unpaired) electrons. The van der Waals surface area contributed by atoms with Crippen molar-refractivity contribution in [1.29, 1.82) is 0 Å². The molecule has 0 bridgehead atoms. The number of hydrogen-bond acceptors (Lipinski definition) is 9. The monoisotopic (exact) mass is 706 g/mol. The largest absolute Gasteiger partial charge is 0.457 e. The standard InChI is InChI=1S/C41H62N4O6/c1-30(35-17-12-18-37(42-35)44-23-9-10-24-44)13-11-14-31(2)39-32(3)19-20-36(41(4,49)22-21-34(46)29-38(47)51-39)50-40(48)45-27-25-43(26-28-45)33-15-7-5-6-8-16-33/h11-14,17-20,30,32-34,36,39,46,49H,5-10,15-16,21-29H2,1-4H3/b13-11+,20-19+,31-14+/t30?,32-,34-,36+,39+,41-/m0/s1. The molecule has 2 N–H and O–H groups in total. The molecular weight excluding hydrogens is 644 g/mol. The summed E-state index contributed by atoms with van der Waals surface area (Å²) >= 11 is 0. The zero-order valence-corrected chi connectivity index (χ0v) is 31.4. The highest BCUT2D eigenvalue weighted by molar-refractivity contribution is 5.70. The van der Waals surface area contributed by atoms with E-state index in [1.807, 2.05) is 32.1 Å². The molecule has 4 heterocycles. The van der Waals surface area contributed by atoms with Crippen molar-refractivity contribution in [2.24, 2.45) is 5.92 Å². The lowest BCUT2D eigenvalue weighted by Gasteiger charge is -2.40. The second-order valence-corrected chi connectivity index (χ2v) is 15.6. The maximum absolute atomic E-state index is 13.5. The molecule has 6 atom stereocenters. The van der Waals surface area contributed by atoms with Crippen LogP contribution < -0.4 is 4.90 Å². The number of esters is 1. The molecule has 10 nitrogen and oxygen atoms in total. The van der Waals surface area contributed by atoms with Gasteiger partial charge in [-0.15, -0.1) is 0 Å². The van der Waals surface area contributed by atoms with Gasteiger partial charge in [0.1, 0.15) is 17.5 Å². The van der Waals surface area contributed by atoms with E-state index in [1.165, 1.54) is 51.4 Å². The van der Waals surface area contributed by atoms with E-state index in [9.17, 15) is 19.8 Å². The summed E-state index contributed by atoms with van der Waals surface area (Å²) in [4.78, 5) is 38.0. The Labute approximate surface area is 305 Å². The topological polar surface area (TPSA) is 116 Å². The van der Waals surface area contributed by atoms with Crippen molar-refractivity contribution in [1.82, 2.24) is 14.8 Å². The molecule has 1 aromatic rings. The number of rotatable bonds is 7. The molecule has 10 heteroatoms. The molecule has 2 saturated heterocycles. The number of carbonyl (C=O) groups excluding carboxylic acids is 2. The molecule has 3 aliphatic heterocycles. The van der Waals surface area contributed by atoms with E-state index >= 15 is 0 Å². The Morgan fingerprint density at radius 3 is 2.43 bits per heavy atom. The Balaban J connectivity index is 1.26. The first kappa shape index (κ1) is 39.0. The molecule has 0 aromatic carbocycles. The molecule has 5 rings (SSSR count). The Bertz CT molecular complexity index is 1370. The van der Waals surface area contributed by atoms with E-state index in [-0.39, 0.29) is 31.1 Å². The summed E-state index contributed by atoms with van der Waals surface area (Å²) in [5, 5.41) is 22.3. The second kappa shape index (κ2) is 18.5. The van der Waals surface area contributed by atoms with Crippen LogP contribution in [0.4, 0.5) is 10.6 Å². The molecule has 0 spiro atoms. The molecule has 1 aliphatic carbocycles. The molecule has 1 saturated carbocycles. The van der Waals surface area contributed by atoms with E-state index in [0.717, 1.165) is 43.3 Å². The van der Waals surface area contributed by atoms with Crippen molar-refractivity contribution in [3.8, 4) is 0 Å². The number of pyridine rings is 1. The third kappa shape index (κ3) is 11.1. The average molecular weight is 707 g/mol. The quantitative estimate of drug-likeness (QED) is 0.141. The van der Waals surface area contributed by atoms with E-state index in [0.29, 0.717) is 19.1 Å². The zero-order chi connectivity index (χ0) is 36.4. The number of nitrogens with zero attached hydrogens (tertiary/aromatic N) is 4. The van der Waals surface area contributed by atoms with Gasteiger partial charge in [-0.2, -0.15) is 0 Å². The minimum atomic E-state index is -1.45. The van der Waals surface area contributed by atoms with Crippen LogP contribution in [-0.2, 0) is 14.3 Å². The van der Waals surface area contributed by atoms with Crippen molar-refractivity contribution in [2.45, 2.75) is 134 Å². The lowest BCUT2D eigenvalue weighted by Crippen LogP contribution is -2.53. The molecule has 1 aromatic heterocycles. The summed E-state index contributed by atoms with van der Waals surface area (Å²) in [6, 6.07) is 6.79. The Hall–Kier alpha value is -3.21. The molecule has 1 amide bonds. The van der Waals surface area contributed by atoms with Crippen LogP contribution in [0.1, 0.15) is 110 Å². The number of anilines is 1. The molecule has 51 heavy (non-hydrogen) atoms. The third-order valence-electron chi connectivity index (χ3n) is 11.3. The van der Waals surface area contributed by atoms with Crippen LogP contribution in [-0.4, -0.2) is 106 Å². The van der Waals surface area contributed by atoms with Crippen molar-refractivity contribution in [2.75, 3.05) is 44.2 Å². The van der Waals surface area contributed by atoms with Crippen LogP contribution >= 0.6 is 0 Å². The number of amides is 1. The van der Waals surface area contributed by atoms with Crippen LogP contribution in [0, 0.1) is 5.92 Å². The zero-order valence-electron chi connectivity index (χ0n) is 31.4. The first-order valence-corrected chi connectivity index (χ1v) is 19.5. The number of aliphatic hydroxyl groups excluding tert-OH is 1. The maximum atomic E-state index is 13.5. The maximum Gasteiger partial charge on any atom is 0.410 e. The van der Waals surface area contributed by atoms with Crippen molar-refractivity contribution in [3.05, 3.63) is 59.8 Å². The summed E-state index contributed by atoms with van der Waals surface area (Å²) in [5.74, 6) is 0.314. The number of piperazine rings is 1. The van der Waals surface area contributed by atoms with Crippen LogP contribution in [0.2, 0.25) is 0 Å². The molecule has 4 aliphatic rings. The predicted molar refractivity (Wildman–Crippen MR) is 201 cm³/mol. The smallest absolute Gasteiger partial charge is 0.410 e. The number of hydrogen-bond donors (Lipinski definition) is 2. The number of aromatic nitrogens is 1. The van der Waals surface area contributed by atoms with Crippen molar-refractivity contribution in [3.63, 3.8) is 0 Å². The predicted octanol–water partition coefficient (Wildman–Crippen LogP) is 6.53. The Morgan fingerprint density at radius 2 is 1.73 bits per heavy atom. The third-order valence-corrected chi connectivity index (χ3v) is 11.3. The normalized spacial score (nSPS) is 31.0. The highest BCUT2D eigenvalue weighted by atomic mass is 16.6. The number of ether oxygens (including phenoxy) is 2. The van der Waals surface area contributed by atoms with Gasteiger partial charge in [-0.1, -0.05) is 69.9 Å². The Kier molecular flexibility index (Phi) is 14.2. The van der Waals surface area contributed by atoms with Crippen LogP contribution in [0.5, 0.6) is 0 Å². The number of cyclic esters (lactones) is 1. The van der Waals surface area contributed by atoms with Gasteiger partial charge in [0.25, 0.3) is 0 Å². The van der Waals surface area contributed by atoms with Crippen molar-refractivity contribution >= 4 is 17.9 Å². The summed E-state index contributed by atoms with van der Waals surface area (Å²) in [7, 11) is 0. The first-order valence-electron chi connectivity index (χ1n) is 19.5. The summed E-state index contributed by atoms with van der Waals surface area (Å²) in [6.45, 7) is 12.5. The lowest BCUT2D eigenvalue weighted by atomic mass is 9.88. The van der Waals surface area contributed by atoms with Crippen LogP contribution in [0.25, 0.3) is 0 Å². The van der Waals surface area contributed by atoms with Crippen molar-refractivity contribution < 1.29 is 29.3 Å². The van der Waals surface area contributed by atoms with E-state index < -0.39 is 36.0 Å². The molecule has 3 fully saturated rings. The van der Waals surface area contributed by atoms with Gasteiger partial charge in [-0.25, -0.2) is 9.78 Å². The average Bonchev–Trinajstić information content (AvgIpc) is 3.53. The van der Waals surface area contributed by atoms with Crippen LogP contribution in [0.15, 0.2) is 54.2 Å². The Morgan fingerprint density at radius 1 is 1.02 bits per heavy atom.